The Morgan fingerprint density at radius 1 is 1.47 bits per heavy atom. The predicted molar refractivity (Wildman–Crippen MR) is 76.8 cm³/mol. The van der Waals surface area contributed by atoms with Gasteiger partial charge in [0.15, 0.2) is 5.17 Å². The number of nitrogens with zero attached hydrogens (tertiary/aromatic N) is 3. The standard InChI is InChI=1S/C13H14N4OS/c1-9-11(19-13-15-7-4-8-17(9)13)12(18)16-10-5-2-3-6-14-10/h2-3,5-6H,4,7-8H2,1H3,(H,14,16,18). The lowest BCUT2D eigenvalue weighted by molar-refractivity contribution is -0.112. The highest BCUT2D eigenvalue weighted by Crippen LogP contribution is 2.36. The molecule has 0 aliphatic carbocycles. The Morgan fingerprint density at radius 3 is 3.11 bits per heavy atom. The van der Waals surface area contributed by atoms with Crippen LogP contribution in [0.3, 0.4) is 0 Å². The summed E-state index contributed by atoms with van der Waals surface area (Å²) in [5, 5.41) is 3.75. The molecule has 0 unspecified atom stereocenters. The van der Waals surface area contributed by atoms with Gasteiger partial charge in [-0.15, -0.1) is 0 Å². The number of pyridine rings is 1. The van der Waals surface area contributed by atoms with Crippen LogP contribution in [0.25, 0.3) is 0 Å². The summed E-state index contributed by atoms with van der Waals surface area (Å²) in [6, 6.07) is 5.44. The van der Waals surface area contributed by atoms with Gasteiger partial charge in [-0.3, -0.25) is 9.79 Å². The molecule has 0 atom stereocenters. The first-order chi connectivity index (χ1) is 9.25. The Morgan fingerprint density at radius 2 is 2.37 bits per heavy atom. The molecular weight excluding hydrogens is 260 g/mol. The molecule has 6 heteroatoms. The fraction of sp³-hybridized carbons (Fsp3) is 0.308. The van der Waals surface area contributed by atoms with E-state index in [1.807, 2.05) is 19.1 Å². The van der Waals surface area contributed by atoms with Gasteiger partial charge in [0.1, 0.15) is 5.82 Å². The number of amides is 1. The fourth-order valence-corrected chi connectivity index (χ4v) is 3.17. The largest absolute Gasteiger partial charge is 0.324 e. The monoisotopic (exact) mass is 274 g/mol. The highest BCUT2D eigenvalue weighted by Gasteiger charge is 2.31. The first kappa shape index (κ1) is 12.2. The van der Waals surface area contributed by atoms with Gasteiger partial charge in [-0.05, 0) is 37.2 Å². The van der Waals surface area contributed by atoms with E-state index < -0.39 is 0 Å². The van der Waals surface area contributed by atoms with Crippen molar-refractivity contribution < 1.29 is 4.79 Å². The van der Waals surface area contributed by atoms with E-state index in [0.717, 1.165) is 30.4 Å². The number of aromatic nitrogens is 1. The molecule has 0 radical (unpaired) electrons. The van der Waals surface area contributed by atoms with Crippen molar-refractivity contribution in [3.8, 4) is 0 Å². The van der Waals surface area contributed by atoms with Gasteiger partial charge >= 0.3 is 0 Å². The molecule has 2 aliphatic heterocycles. The molecular formula is C13H14N4OS. The molecule has 1 aromatic rings. The van der Waals surface area contributed by atoms with Crippen LogP contribution in [-0.4, -0.2) is 34.0 Å². The van der Waals surface area contributed by atoms with Gasteiger partial charge < -0.3 is 10.2 Å². The van der Waals surface area contributed by atoms with Crippen LogP contribution in [0.2, 0.25) is 0 Å². The molecule has 1 amide bonds. The third-order valence-electron chi connectivity index (χ3n) is 3.06. The molecule has 3 heterocycles. The number of allylic oxidation sites excluding steroid dienone is 1. The summed E-state index contributed by atoms with van der Waals surface area (Å²) in [6.07, 6.45) is 2.70. The zero-order chi connectivity index (χ0) is 13.2. The molecule has 2 aliphatic rings. The smallest absolute Gasteiger partial charge is 0.265 e. The van der Waals surface area contributed by atoms with Crippen LogP contribution < -0.4 is 5.32 Å². The number of nitrogens with one attached hydrogen (secondary N) is 1. The van der Waals surface area contributed by atoms with Crippen LogP contribution in [0.15, 0.2) is 40.0 Å². The summed E-state index contributed by atoms with van der Waals surface area (Å²) >= 11 is 1.45. The van der Waals surface area contributed by atoms with Crippen LogP contribution >= 0.6 is 11.8 Å². The topological polar surface area (TPSA) is 57.6 Å². The lowest BCUT2D eigenvalue weighted by Crippen LogP contribution is -2.28. The van der Waals surface area contributed by atoms with Gasteiger partial charge in [0.05, 0.1) is 4.91 Å². The van der Waals surface area contributed by atoms with Crippen molar-refractivity contribution in [2.45, 2.75) is 13.3 Å². The fourth-order valence-electron chi connectivity index (χ4n) is 2.09. The summed E-state index contributed by atoms with van der Waals surface area (Å²) in [5.41, 5.74) is 0.983. The zero-order valence-corrected chi connectivity index (χ0v) is 11.4. The van der Waals surface area contributed by atoms with Crippen molar-refractivity contribution in [3.63, 3.8) is 0 Å². The Hall–Kier alpha value is -1.82. The molecule has 3 rings (SSSR count). The van der Waals surface area contributed by atoms with Crippen molar-refractivity contribution in [1.82, 2.24) is 9.88 Å². The van der Waals surface area contributed by atoms with E-state index in [1.54, 1.807) is 12.3 Å². The number of fused-ring (bicyclic) bond motifs is 1. The number of amidine groups is 1. The summed E-state index contributed by atoms with van der Waals surface area (Å²) in [4.78, 5) is 23.6. The quantitative estimate of drug-likeness (QED) is 0.897. The second kappa shape index (κ2) is 5.05. The second-order valence-corrected chi connectivity index (χ2v) is 5.33. The zero-order valence-electron chi connectivity index (χ0n) is 10.6. The van der Waals surface area contributed by atoms with Gasteiger partial charge in [-0.25, -0.2) is 4.98 Å². The summed E-state index contributed by atoms with van der Waals surface area (Å²) in [7, 11) is 0. The number of thioether (sulfide) groups is 1. The lowest BCUT2D eigenvalue weighted by atomic mass is 10.3. The van der Waals surface area contributed by atoms with E-state index in [-0.39, 0.29) is 5.91 Å². The van der Waals surface area contributed by atoms with E-state index in [1.165, 1.54) is 11.8 Å². The summed E-state index contributed by atoms with van der Waals surface area (Å²) < 4.78 is 0. The number of rotatable bonds is 2. The minimum Gasteiger partial charge on any atom is -0.324 e. The van der Waals surface area contributed by atoms with Gasteiger partial charge in [0.25, 0.3) is 5.91 Å². The number of carbonyl (C=O) groups excluding carboxylic acids is 1. The van der Waals surface area contributed by atoms with Gasteiger partial charge in [-0.1, -0.05) is 6.07 Å². The Bertz CT molecular complexity index is 567. The van der Waals surface area contributed by atoms with Gasteiger partial charge in [0.2, 0.25) is 0 Å². The van der Waals surface area contributed by atoms with Crippen molar-refractivity contribution in [1.29, 1.82) is 0 Å². The normalized spacial score (nSPS) is 18.2. The van der Waals surface area contributed by atoms with E-state index in [4.69, 9.17) is 0 Å². The summed E-state index contributed by atoms with van der Waals surface area (Å²) in [6.45, 7) is 3.76. The minimum atomic E-state index is -0.113. The summed E-state index contributed by atoms with van der Waals surface area (Å²) in [5.74, 6) is 0.457. The highest BCUT2D eigenvalue weighted by atomic mass is 32.2. The average molecular weight is 274 g/mol. The first-order valence-electron chi connectivity index (χ1n) is 6.19. The van der Waals surface area contributed by atoms with E-state index in [0.29, 0.717) is 10.7 Å². The maximum absolute atomic E-state index is 12.3. The van der Waals surface area contributed by atoms with Crippen molar-refractivity contribution in [2.24, 2.45) is 4.99 Å². The van der Waals surface area contributed by atoms with Crippen LogP contribution in [0, 0.1) is 0 Å². The number of hydrogen-bond acceptors (Lipinski definition) is 5. The lowest BCUT2D eigenvalue weighted by Gasteiger charge is -2.23. The van der Waals surface area contributed by atoms with E-state index >= 15 is 0 Å². The number of anilines is 1. The van der Waals surface area contributed by atoms with Crippen LogP contribution in [0.5, 0.6) is 0 Å². The molecule has 1 aromatic heterocycles. The molecule has 0 saturated carbocycles. The van der Waals surface area contributed by atoms with Crippen molar-refractivity contribution in [3.05, 3.63) is 35.0 Å². The average Bonchev–Trinajstić information content (AvgIpc) is 2.78. The molecule has 0 bridgehead atoms. The molecule has 0 aromatic carbocycles. The molecule has 0 fully saturated rings. The third-order valence-corrected chi connectivity index (χ3v) is 4.27. The SMILES string of the molecule is CC1=C(C(=O)Nc2ccccn2)SC2=NCCCN21. The molecule has 1 N–H and O–H groups in total. The highest BCUT2D eigenvalue weighted by molar-refractivity contribution is 8.18. The molecule has 0 saturated heterocycles. The minimum absolute atomic E-state index is 0.113. The second-order valence-electron chi connectivity index (χ2n) is 4.36. The number of aliphatic imine (C=N–C) groups is 1. The van der Waals surface area contributed by atoms with Crippen LogP contribution in [0.4, 0.5) is 5.82 Å². The first-order valence-corrected chi connectivity index (χ1v) is 7.00. The van der Waals surface area contributed by atoms with Gasteiger partial charge in [-0.2, -0.15) is 0 Å². The Kier molecular flexibility index (Phi) is 3.25. The van der Waals surface area contributed by atoms with Crippen LogP contribution in [0.1, 0.15) is 13.3 Å². The van der Waals surface area contributed by atoms with E-state index in [2.05, 4.69) is 20.2 Å². The number of hydrogen-bond donors (Lipinski definition) is 1. The Labute approximate surface area is 115 Å². The van der Waals surface area contributed by atoms with Gasteiger partial charge in [0, 0.05) is 25.0 Å². The van der Waals surface area contributed by atoms with Crippen LogP contribution in [-0.2, 0) is 4.79 Å². The molecule has 19 heavy (non-hydrogen) atoms. The molecule has 5 nitrogen and oxygen atoms in total. The molecule has 0 spiro atoms. The van der Waals surface area contributed by atoms with E-state index in [9.17, 15) is 4.79 Å². The maximum atomic E-state index is 12.3. The maximum Gasteiger partial charge on any atom is 0.265 e. The predicted octanol–water partition coefficient (Wildman–Crippen LogP) is 2.06. The van der Waals surface area contributed by atoms with Crippen molar-refractivity contribution >= 4 is 28.7 Å². The Balaban J connectivity index is 1.79. The van der Waals surface area contributed by atoms with Crippen molar-refractivity contribution in [2.75, 3.05) is 18.4 Å². The third kappa shape index (κ3) is 2.35. The molecule has 98 valence electrons. The number of carbonyl (C=O) groups is 1.